The summed E-state index contributed by atoms with van der Waals surface area (Å²) < 4.78 is 25.9. The van der Waals surface area contributed by atoms with Crippen LogP contribution in [0.3, 0.4) is 0 Å². The second-order valence-corrected chi connectivity index (χ2v) is 8.06. The Balaban J connectivity index is 2.15. The van der Waals surface area contributed by atoms with Crippen molar-refractivity contribution in [3.05, 3.63) is 64.7 Å². The lowest BCUT2D eigenvalue weighted by Gasteiger charge is -2.23. The van der Waals surface area contributed by atoms with Gasteiger partial charge in [-0.25, -0.2) is 13.1 Å². The molecule has 0 saturated heterocycles. The lowest BCUT2D eigenvalue weighted by molar-refractivity contribution is 0.492. The van der Waals surface area contributed by atoms with E-state index in [1.807, 2.05) is 12.1 Å². The quantitative estimate of drug-likeness (QED) is 0.840. The minimum atomic E-state index is -3.39. The van der Waals surface area contributed by atoms with E-state index < -0.39 is 10.0 Å². The Hall–Kier alpha value is -1.69. The first kappa shape index (κ1) is 18.6. The van der Waals surface area contributed by atoms with E-state index in [4.69, 9.17) is 0 Å². The number of hydrogen-bond acceptors (Lipinski definition) is 3. The molecule has 2 rings (SSSR count). The van der Waals surface area contributed by atoms with Gasteiger partial charge in [-0.1, -0.05) is 30.3 Å². The van der Waals surface area contributed by atoms with Crippen LogP contribution >= 0.6 is 0 Å². The van der Waals surface area contributed by atoms with Crippen molar-refractivity contribution in [2.24, 2.45) is 0 Å². The van der Waals surface area contributed by atoms with Gasteiger partial charge in [0.1, 0.15) is 0 Å². The standard InChI is InChI=1S/C19H26N2O2S/c1-13-7-6-8-19(14(13)2)16(4)21-15(3)17-9-11-18(12-10-17)24(22,23)20-5/h6-12,15-16,20-21H,1-5H3/t15-,16+/m0/s1. The van der Waals surface area contributed by atoms with Crippen molar-refractivity contribution in [3.8, 4) is 0 Å². The number of rotatable bonds is 6. The van der Waals surface area contributed by atoms with Crippen molar-refractivity contribution in [1.82, 2.24) is 10.0 Å². The zero-order chi connectivity index (χ0) is 17.9. The Morgan fingerprint density at radius 2 is 1.54 bits per heavy atom. The minimum absolute atomic E-state index is 0.117. The molecule has 0 fully saturated rings. The Labute approximate surface area is 145 Å². The van der Waals surface area contributed by atoms with Gasteiger partial charge in [-0.3, -0.25) is 0 Å². The van der Waals surface area contributed by atoms with Crippen LogP contribution in [0, 0.1) is 13.8 Å². The summed E-state index contributed by atoms with van der Waals surface area (Å²) in [5.41, 5.74) is 4.94. The number of aryl methyl sites for hydroxylation is 1. The Bertz CT molecular complexity index is 799. The van der Waals surface area contributed by atoms with Gasteiger partial charge in [0.2, 0.25) is 10.0 Å². The molecule has 24 heavy (non-hydrogen) atoms. The fourth-order valence-corrected chi connectivity index (χ4v) is 3.59. The van der Waals surface area contributed by atoms with Gasteiger partial charge >= 0.3 is 0 Å². The van der Waals surface area contributed by atoms with Crippen molar-refractivity contribution in [2.75, 3.05) is 7.05 Å². The van der Waals surface area contributed by atoms with Gasteiger partial charge in [-0.15, -0.1) is 0 Å². The van der Waals surface area contributed by atoms with Crippen molar-refractivity contribution in [1.29, 1.82) is 0 Å². The summed E-state index contributed by atoms with van der Waals surface area (Å²) in [6.45, 7) is 8.50. The monoisotopic (exact) mass is 346 g/mol. The largest absolute Gasteiger partial charge is 0.304 e. The maximum absolute atomic E-state index is 11.8. The Kier molecular flexibility index (Phi) is 5.80. The molecule has 0 saturated carbocycles. The van der Waals surface area contributed by atoms with Crippen LogP contribution in [-0.4, -0.2) is 15.5 Å². The summed E-state index contributed by atoms with van der Waals surface area (Å²) in [7, 11) is -1.97. The average molecular weight is 346 g/mol. The second-order valence-electron chi connectivity index (χ2n) is 6.18. The fourth-order valence-electron chi connectivity index (χ4n) is 2.86. The molecular weight excluding hydrogens is 320 g/mol. The van der Waals surface area contributed by atoms with E-state index in [0.717, 1.165) is 5.56 Å². The van der Waals surface area contributed by atoms with Crippen molar-refractivity contribution in [3.63, 3.8) is 0 Å². The molecule has 0 aromatic heterocycles. The van der Waals surface area contributed by atoms with Crippen LogP contribution in [0.15, 0.2) is 47.4 Å². The lowest BCUT2D eigenvalue weighted by atomic mass is 9.97. The van der Waals surface area contributed by atoms with Crippen molar-refractivity contribution in [2.45, 2.75) is 44.7 Å². The van der Waals surface area contributed by atoms with Gasteiger partial charge in [0.15, 0.2) is 0 Å². The second kappa shape index (κ2) is 7.47. The maximum Gasteiger partial charge on any atom is 0.240 e. The first-order valence-corrected chi connectivity index (χ1v) is 9.60. The summed E-state index contributed by atoms with van der Waals surface area (Å²) in [5.74, 6) is 0. The molecule has 2 N–H and O–H groups in total. The molecule has 0 heterocycles. The van der Waals surface area contributed by atoms with E-state index in [0.29, 0.717) is 0 Å². The van der Waals surface area contributed by atoms with Crippen molar-refractivity contribution < 1.29 is 8.42 Å². The normalized spacial score (nSPS) is 14.4. The SMILES string of the molecule is CNS(=O)(=O)c1ccc([C@H](C)N[C@H](C)c2cccc(C)c2C)cc1. The third-order valence-corrected chi connectivity index (χ3v) is 6.00. The molecule has 0 radical (unpaired) electrons. The molecule has 0 bridgehead atoms. The van der Waals surface area contributed by atoms with E-state index in [-0.39, 0.29) is 17.0 Å². The van der Waals surface area contributed by atoms with Crippen molar-refractivity contribution >= 4 is 10.0 Å². The molecule has 0 unspecified atom stereocenters. The third-order valence-electron chi connectivity index (χ3n) is 4.57. The molecule has 2 aromatic carbocycles. The van der Waals surface area contributed by atoms with E-state index in [9.17, 15) is 8.42 Å². The summed E-state index contributed by atoms with van der Waals surface area (Å²) >= 11 is 0. The lowest BCUT2D eigenvalue weighted by Crippen LogP contribution is -2.23. The highest BCUT2D eigenvalue weighted by Gasteiger charge is 2.15. The molecule has 5 heteroatoms. The van der Waals surface area contributed by atoms with Gasteiger partial charge in [0.25, 0.3) is 0 Å². The van der Waals surface area contributed by atoms with Gasteiger partial charge in [-0.05, 0) is 69.1 Å². The van der Waals surface area contributed by atoms with E-state index >= 15 is 0 Å². The van der Waals surface area contributed by atoms with Crippen LogP contribution < -0.4 is 10.0 Å². The molecule has 0 aliphatic carbocycles. The molecule has 0 aliphatic heterocycles. The van der Waals surface area contributed by atoms with Crippen LogP contribution in [0.25, 0.3) is 0 Å². The average Bonchev–Trinajstić information content (AvgIpc) is 2.57. The fraction of sp³-hybridized carbons (Fsp3) is 0.368. The first-order valence-electron chi connectivity index (χ1n) is 8.12. The molecule has 0 amide bonds. The molecule has 4 nitrogen and oxygen atoms in total. The maximum atomic E-state index is 11.8. The minimum Gasteiger partial charge on any atom is -0.304 e. The van der Waals surface area contributed by atoms with E-state index in [1.54, 1.807) is 12.1 Å². The predicted octanol–water partition coefficient (Wildman–Crippen LogP) is 3.62. The number of nitrogens with one attached hydrogen (secondary N) is 2. The highest BCUT2D eigenvalue weighted by Crippen LogP contribution is 2.24. The van der Waals surface area contributed by atoms with Gasteiger partial charge in [0.05, 0.1) is 4.90 Å². The zero-order valence-corrected chi connectivity index (χ0v) is 15.7. The molecular formula is C19H26N2O2S. The van der Waals surface area contributed by atoms with Crippen LogP contribution in [0.4, 0.5) is 0 Å². The highest BCUT2D eigenvalue weighted by molar-refractivity contribution is 7.89. The van der Waals surface area contributed by atoms with Crippen LogP contribution in [0.2, 0.25) is 0 Å². The summed E-state index contributed by atoms with van der Waals surface area (Å²) in [6, 6.07) is 13.7. The number of sulfonamides is 1. The number of hydrogen-bond donors (Lipinski definition) is 2. The van der Waals surface area contributed by atoms with Crippen LogP contribution in [0.1, 0.15) is 48.2 Å². The van der Waals surface area contributed by atoms with E-state index in [2.05, 4.69) is 55.9 Å². The van der Waals surface area contributed by atoms with Gasteiger partial charge in [0, 0.05) is 12.1 Å². The highest BCUT2D eigenvalue weighted by atomic mass is 32.2. The van der Waals surface area contributed by atoms with E-state index in [1.165, 1.54) is 23.7 Å². The summed E-state index contributed by atoms with van der Waals surface area (Å²) in [4.78, 5) is 0.281. The van der Waals surface area contributed by atoms with Crippen LogP contribution in [0.5, 0.6) is 0 Å². The topological polar surface area (TPSA) is 58.2 Å². The summed E-state index contributed by atoms with van der Waals surface area (Å²) in [5, 5.41) is 3.59. The van der Waals surface area contributed by atoms with Gasteiger partial charge < -0.3 is 5.32 Å². The Morgan fingerprint density at radius 3 is 2.12 bits per heavy atom. The smallest absolute Gasteiger partial charge is 0.240 e. The molecule has 130 valence electrons. The summed E-state index contributed by atoms with van der Waals surface area (Å²) in [6.07, 6.45) is 0. The number of benzene rings is 2. The molecule has 0 aliphatic rings. The van der Waals surface area contributed by atoms with Gasteiger partial charge in [-0.2, -0.15) is 0 Å². The molecule has 2 atom stereocenters. The molecule has 2 aromatic rings. The Morgan fingerprint density at radius 1 is 0.917 bits per heavy atom. The third kappa shape index (κ3) is 4.04. The predicted molar refractivity (Wildman–Crippen MR) is 98.6 cm³/mol. The zero-order valence-electron chi connectivity index (χ0n) is 14.9. The first-order chi connectivity index (χ1) is 11.3. The molecule has 0 spiro atoms. The van der Waals surface area contributed by atoms with Crippen LogP contribution in [-0.2, 0) is 10.0 Å².